The Balaban J connectivity index is 1.53. The van der Waals surface area contributed by atoms with Crippen LogP contribution in [0.15, 0.2) is 30.5 Å². The van der Waals surface area contributed by atoms with Crippen molar-refractivity contribution in [2.24, 2.45) is 0 Å². The fourth-order valence-corrected chi connectivity index (χ4v) is 3.81. The first-order valence-corrected chi connectivity index (χ1v) is 8.25. The second-order valence-electron chi connectivity index (χ2n) is 6.49. The van der Waals surface area contributed by atoms with Crippen molar-refractivity contribution < 1.29 is 4.74 Å². The van der Waals surface area contributed by atoms with E-state index in [4.69, 9.17) is 10.5 Å². The van der Waals surface area contributed by atoms with Gasteiger partial charge in [0.05, 0.1) is 29.5 Å². The minimum absolute atomic E-state index is 0.274. The van der Waals surface area contributed by atoms with Gasteiger partial charge in [-0.3, -0.25) is 5.10 Å². The van der Waals surface area contributed by atoms with Gasteiger partial charge in [0.2, 0.25) is 5.95 Å². The molecule has 0 radical (unpaired) electrons. The van der Waals surface area contributed by atoms with E-state index in [0.717, 1.165) is 40.8 Å². The number of fused-ring (bicyclic) bond motifs is 3. The van der Waals surface area contributed by atoms with Crippen molar-refractivity contribution in [1.82, 2.24) is 20.2 Å². The highest BCUT2D eigenvalue weighted by atomic mass is 16.5. The van der Waals surface area contributed by atoms with Crippen molar-refractivity contribution >= 4 is 22.7 Å². The van der Waals surface area contributed by atoms with E-state index in [9.17, 15) is 0 Å². The summed E-state index contributed by atoms with van der Waals surface area (Å²) in [6, 6.07) is 8.30. The minimum Gasteiger partial charge on any atom is -0.373 e. The molecule has 7 nitrogen and oxygen atoms in total. The minimum atomic E-state index is 0.274. The number of H-pyrrole nitrogens is 1. The molecule has 2 saturated heterocycles. The molecule has 2 fully saturated rings. The quantitative estimate of drug-likeness (QED) is 0.684. The topological polar surface area (TPSA) is 102 Å². The van der Waals surface area contributed by atoms with Gasteiger partial charge in [-0.15, -0.1) is 0 Å². The second kappa shape index (κ2) is 5.17. The van der Waals surface area contributed by atoms with Crippen molar-refractivity contribution in [2.45, 2.75) is 37.5 Å². The predicted molar refractivity (Wildman–Crippen MR) is 91.5 cm³/mol. The van der Waals surface area contributed by atoms with Crippen LogP contribution in [0.1, 0.15) is 19.3 Å². The van der Waals surface area contributed by atoms with Gasteiger partial charge in [-0.25, -0.2) is 4.98 Å². The first-order valence-electron chi connectivity index (χ1n) is 8.25. The molecule has 7 heteroatoms. The van der Waals surface area contributed by atoms with Crippen molar-refractivity contribution in [3.63, 3.8) is 0 Å². The SMILES string of the molecule is Nc1nc(NC2CC3CCC2O3)c2ccc(-c3ccn[nH]3)cc2n1. The lowest BCUT2D eigenvalue weighted by molar-refractivity contribution is 0.102. The molecule has 122 valence electrons. The van der Waals surface area contributed by atoms with E-state index < -0.39 is 0 Å². The number of aromatic nitrogens is 4. The van der Waals surface area contributed by atoms with Crippen LogP contribution in [-0.2, 0) is 4.74 Å². The molecule has 4 heterocycles. The molecule has 2 aromatic heterocycles. The number of hydrogen-bond acceptors (Lipinski definition) is 6. The number of rotatable bonds is 3. The summed E-state index contributed by atoms with van der Waals surface area (Å²) in [6.45, 7) is 0. The number of nitrogens with two attached hydrogens (primary N) is 1. The zero-order valence-corrected chi connectivity index (χ0v) is 13.1. The highest BCUT2D eigenvalue weighted by Crippen LogP contribution is 2.37. The van der Waals surface area contributed by atoms with Crippen LogP contribution in [0.25, 0.3) is 22.2 Å². The van der Waals surface area contributed by atoms with Gasteiger partial charge in [-0.2, -0.15) is 10.1 Å². The van der Waals surface area contributed by atoms with Crippen LogP contribution in [0, 0.1) is 0 Å². The Hall–Kier alpha value is -2.67. The fourth-order valence-electron chi connectivity index (χ4n) is 3.81. The lowest BCUT2D eigenvalue weighted by Crippen LogP contribution is -2.31. The van der Waals surface area contributed by atoms with Crippen molar-refractivity contribution in [2.75, 3.05) is 11.1 Å². The van der Waals surface area contributed by atoms with Crippen LogP contribution in [-0.4, -0.2) is 38.4 Å². The molecule has 2 bridgehead atoms. The maximum absolute atomic E-state index is 5.93. The highest BCUT2D eigenvalue weighted by Gasteiger charge is 2.41. The lowest BCUT2D eigenvalue weighted by atomic mass is 9.95. The Morgan fingerprint density at radius 1 is 1.21 bits per heavy atom. The number of hydrogen-bond donors (Lipinski definition) is 3. The van der Waals surface area contributed by atoms with Crippen molar-refractivity contribution in [3.05, 3.63) is 30.5 Å². The Morgan fingerprint density at radius 2 is 2.17 bits per heavy atom. The smallest absolute Gasteiger partial charge is 0.222 e. The number of ether oxygens (including phenoxy) is 1. The van der Waals surface area contributed by atoms with Gasteiger partial charge in [-0.1, -0.05) is 6.07 Å². The Bertz CT molecular complexity index is 893. The zero-order chi connectivity index (χ0) is 16.1. The molecule has 4 N–H and O–H groups in total. The Labute approximate surface area is 138 Å². The second-order valence-corrected chi connectivity index (χ2v) is 6.49. The van der Waals surface area contributed by atoms with Gasteiger partial charge in [0.25, 0.3) is 0 Å². The van der Waals surface area contributed by atoms with Gasteiger partial charge in [0, 0.05) is 17.1 Å². The first kappa shape index (κ1) is 13.7. The van der Waals surface area contributed by atoms with E-state index in [-0.39, 0.29) is 12.1 Å². The van der Waals surface area contributed by atoms with Crippen LogP contribution in [0.4, 0.5) is 11.8 Å². The largest absolute Gasteiger partial charge is 0.373 e. The first-order chi connectivity index (χ1) is 11.8. The summed E-state index contributed by atoms with van der Waals surface area (Å²) >= 11 is 0. The van der Waals surface area contributed by atoms with E-state index >= 15 is 0 Å². The lowest BCUT2D eigenvalue weighted by Gasteiger charge is -2.21. The number of aromatic amines is 1. The van der Waals surface area contributed by atoms with Gasteiger partial charge in [0.1, 0.15) is 5.82 Å². The zero-order valence-electron chi connectivity index (χ0n) is 13.1. The highest BCUT2D eigenvalue weighted by molar-refractivity contribution is 5.92. The van der Waals surface area contributed by atoms with Crippen LogP contribution >= 0.6 is 0 Å². The van der Waals surface area contributed by atoms with E-state index in [1.54, 1.807) is 6.20 Å². The third-order valence-electron chi connectivity index (χ3n) is 4.95. The van der Waals surface area contributed by atoms with E-state index in [1.165, 1.54) is 6.42 Å². The predicted octanol–water partition coefficient (Wildman–Crippen LogP) is 2.33. The van der Waals surface area contributed by atoms with Crippen LogP contribution in [0.3, 0.4) is 0 Å². The van der Waals surface area contributed by atoms with Gasteiger partial charge >= 0.3 is 0 Å². The number of nitrogens with zero attached hydrogens (tertiary/aromatic N) is 3. The molecule has 3 atom stereocenters. The Kier molecular flexibility index (Phi) is 2.96. The summed E-state index contributed by atoms with van der Waals surface area (Å²) in [6.07, 6.45) is 5.72. The maximum atomic E-state index is 5.93. The van der Waals surface area contributed by atoms with Crippen molar-refractivity contribution in [1.29, 1.82) is 0 Å². The molecule has 2 aliphatic heterocycles. The molecule has 1 aromatic carbocycles. The third kappa shape index (κ3) is 2.20. The molecule has 0 spiro atoms. The molecule has 0 saturated carbocycles. The van der Waals surface area contributed by atoms with Crippen molar-refractivity contribution in [3.8, 4) is 11.3 Å². The molecule has 0 amide bonds. The normalized spacial score (nSPS) is 25.4. The molecule has 24 heavy (non-hydrogen) atoms. The van der Waals surface area contributed by atoms with E-state index in [1.807, 2.05) is 24.3 Å². The average Bonchev–Trinajstić information content (AvgIpc) is 3.32. The number of nitrogen functional groups attached to an aromatic ring is 1. The molecule has 5 rings (SSSR count). The van der Waals surface area contributed by atoms with Gasteiger partial charge in [-0.05, 0) is 37.5 Å². The summed E-state index contributed by atoms with van der Waals surface area (Å²) in [4.78, 5) is 8.81. The summed E-state index contributed by atoms with van der Waals surface area (Å²) < 4.78 is 5.92. The third-order valence-corrected chi connectivity index (χ3v) is 4.95. The number of nitrogens with one attached hydrogen (secondary N) is 2. The number of benzene rings is 1. The molecular formula is C17H18N6O. The average molecular weight is 322 g/mol. The summed E-state index contributed by atoms with van der Waals surface area (Å²) in [5.74, 6) is 1.06. The Morgan fingerprint density at radius 3 is 2.92 bits per heavy atom. The molecule has 2 aliphatic rings. The molecule has 3 aromatic rings. The monoisotopic (exact) mass is 322 g/mol. The standard InChI is InChI=1S/C17H18N6O/c18-17-21-13-7-9(12-5-6-19-23-12)1-3-11(13)16(22-17)20-14-8-10-2-4-15(14)24-10/h1,3,5-7,10,14-15H,2,4,8H2,(H,19,23)(H3,18,20,21,22). The van der Waals surface area contributed by atoms with E-state index in [2.05, 4.69) is 25.5 Å². The maximum Gasteiger partial charge on any atom is 0.222 e. The van der Waals surface area contributed by atoms with Crippen LogP contribution in [0.2, 0.25) is 0 Å². The number of anilines is 2. The summed E-state index contributed by atoms with van der Waals surface area (Å²) in [7, 11) is 0. The van der Waals surface area contributed by atoms with Gasteiger partial charge < -0.3 is 15.8 Å². The molecule has 3 unspecified atom stereocenters. The van der Waals surface area contributed by atoms with Crippen LogP contribution < -0.4 is 11.1 Å². The van der Waals surface area contributed by atoms with Gasteiger partial charge in [0.15, 0.2) is 0 Å². The van der Waals surface area contributed by atoms with Crippen LogP contribution in [0.5, 0.6) is 0 Å². The fraction of sp³-hybridized carbons (Fsp3) is 0.353. The summed E-state index contributed by atoms with van der Waals surface area (Å²) in [5, 5.41) is 11.5. The molecular weight excluding hydrogens is 304 g/mol. The van der Waals surface area contributed by atoms with E-state index in [0.29, 0.717) is 12.1 Å². The molecule has 0 aliphatic carbocycles. The summed E-state index contributed by atoms with van der Waals surface area (Å²) in [5.41, 5.74) is 8.72.